The third kappa shape index (κ3) is 7.36. The van der Waals surface area contributed by atoms with Crippen molar-refractivity contribution in [2.75, 3.05) is 26.1 Å². The van der Waals surface area contributed by atoms with Gasteiger partial charge in [-0.3, -0.25) is 13.6 Å². The molecule has 40 heavy (non-hydrogen) atoms. The number of nitrogens with zero attached hydrogens (tertiary/aromatic N) is 4. The molecular weight excluding hydrogens is 592 g/mol. The van der Waals surface area contributed by atoms with Crippen LogP contribution < -0.4 is 5.73 Å². The fourth-order valence-corrected chi connectivity index (χ4v) is 5.78. The third-order valence-electron chi connectivity index (χ3n) is 5.61. The number of ether oxygens (including phenoxy) is 2. The predicted molar refractivity (Wildman–Crippen MR) is 125 cm³/mol. The van der Waals surface area contributed by atoms with Gasteiger partial charge in [0.2, 0.25) is 0 Å². The van der Waals surface area contributed by atoms with Gasteiger partial charge < -0.3 is 60.7 Å². The third-order valence-corrected chi connectivity index (χ3v) is 8.21. The first-order valence-corrected chi connectivity index (χ1v) is 14.1. The minimum absolute atomic E-state index is 0.0166. The number of fused-ring (bicyclic) bond motifs is 1. The van der Waals surface area contributed by atoms with Crippen LogP contribution >= 0.6 is 15.6 Å². The van der Waals surface area contributed by atoms with Crippen LogP contribution in [-0.2, 0) is 32.0 Å². The van der Waals surface area contributed by atoms with Crippen molar-refractivity contribution in [1.82, 2.24) is 19.5 Å². The Labute approximate surface area is 224 Å². The fourth-order valence-electron chi connectivity index (χ4n) is 3.62. The Morgan fingerprint density at radius 3 is 2.38 bits per heavy atom. The van der Waals surface area contributed by atoms with Crippen molar-refractivity contribution in [3.63, 3.8) is 0 Å². The predicted octanol–water partition coefficient (Wildman–Crippen LogP) is -4.31. The molecule has 1 fully saturated rings. The summed E-state index contributed by atoms with van der Waals surface area (Å²) in [6.45, 7) is -2.15. The summed E-state index contributed by atoms with van der Waals surface area (Å²) in [6, 6.07) is 0. The van der Waals surface area contributed by atoms with Crippen molar-refractivity contribution in [3.05, 3.63) is 12.7 Å². The van der Waals surface area contributed by atoms with Gasteiger partial charge in [-0.1, -0.05) is 0 Å². The number of anilines is 1. The van der Waals surface area contributed by atoms with E-state index in [4.69, 9.17) is 20.3 Å². The highest BCUT2D eigenvalue weighted by atomic mass is 31.3. The molecule has 0 radical (unpaired) electrons. The van der Waals surface area contributed by atoms with E-state index in [-0.39, 0.29) is 17.0 Å². The molecule has 11 N–H and O–H groups in total. The van der Waals surface area contributed by atoms with Gasteiger partial charge in [-0.25, -0.2) is 24.1 Å². The maximum atomic E-state index is 12.3. The molecule has 0 aromatic carbocycles. The quantitative estimate of drug-likeness (QED) is 0.0945. The summed E-state index contributed by atoms with van der Waals surface area (Å²) in [5.74, 6) is 0.0166. The zero-order valence-electron chi connectivity index (χ0n) is 20.4. The number of nitrogen functional groups attached to an aromatic ring is 1. The first-order chi connectivity index (χ1) is 18.6. The normalized spacial score (nSPS) is 29.8. The van der Waals surface area contributed by atoms with Crippen molar-refractivity contribution < 1.29 is 77.5 Å². The lowest BCUT2D eigenvalue weighted by molar-refractivity contribution is -0.292. The molecule has 0 bridgehead atoms. The number of methoxy groups -OCH3 is 1. The maximum Gasteiger partial charge on any atom is 0.483 e. The molecule has 1 aliphatic heterocycles. The fraction of sp³-hybridized carbons (Fsp3) is 0.706. The molecule has 0 spiro atoms. The molecule has 11 atom stereocenters. The molecule has 1 aliphatic rings. The van der Waals surface area contributed by atoms with Crippen molar-refractivity contribution in [2.45, 2.75) is 55.2 Å². The number of aromatic nitrogens is 4. The lowest BCUT2D eigenvalue weighted by Gasteiger charge is -2.41. The van der Waals surface area contributed by atoms with Gasteiger partial charge in [0, 0.05) is 7.11 Å². The van der Waals surface area contributed by atoms with Gasteiger partial charge in [0.1, 0.15) is 54.6 Å². The average Bonchev–Trinajstić information content (AvgIpc) is 3.32. The molecule has 21 nitrogen and oxygen atoms in total. The van der Waals surface area contributed by atoms with E-state index in [2.05, 4.69) is 28.3 Å². The highest BCUT2D eigenvalue weighted by molar-refractivity contribution is 7.61. The van der Waals surface area contributed by atoms with Crippen LogP contribution in [-0.4, -0.2) is 134 Å². The summed E-state index contributed by atoms with van der Waals surface area (Å²) in [5, 5.41) is 69.3. The number of phosphoric acid groups is 2. The molecule has 3 heterocycles. The van der Waals surface area contributed by atoms with Crippen molar-refractivity contribution in [3.8, 4) is 0 Å². The number of nitrogens with two attached hydrogens (primary N) is 1. The van der Waals surface area contributed by atoms with Crippen LogP contribution in [0, 0.1) is 0 Å². The Hall–Kier alpha value is -1.75. The lowest BCUT2D eigenvalue weighted by atomic mass is 9.96. The summed E-state index contributed by atoms with van der Waals surface area (Å²) in [4.78, 5) is 31.5. The molecule has 2 aromatic rings. The van der Waals surface area contributed by atoms with E-state index in [1.54, 1.807) is 0 Å². The van der Waals surface area contributed by atoms with E-state index in [0.29, 0.717) is 0 Å². The van der Waals surface area contributed by atoms with Gasteiger partial charge in [0.25, 0.3) is 0 Å². The van der Waals surface area contributed by atoms with E-state index < -0.39 is 84.1 Å². The number of hydrogen-bond donors (Lipinski definition) is 10. The van der Waals surface area contributed by atoms with Gasteiger partial charge in [-0.15, -0.1) is 0 Å². The van der Waals surface area contributed by atoms with Gasteiger partial charge in [0.05, 0.1) is 19.5 Å². The van der Waals surface area contributed by atoms with Crippen LogP contribution in [0.2, 0.25) is 0 Å². The number of aliphatic hydroxyl groups excluding tert-OH is 7. The molecule has 3 rings (SSSR count). The molecular formula is C17H29N5O16P2. The summed E-state index contributed by atoms with van der Waals surface area (Å²) in [7, 11) is -10.1. The minimum atomic E-state index is -5.68. The summed E-state index contributed by atoms with van der Waals surface area (Å²) < 4.78 is 48.8. The topological polar surface area (TPSA) is 332 Å². The Morgan fingerprint density at radius 1 is 1.07 bits per heavy atom. The van der Waals surface area contributed by atoms with Crippen LogP contribution in [0.5, 0.6) is 0 Å². The molecule has 23 heteroatoms. The molecule has 228 valence electrons. The van der Waals surface area contributed by atoms with E-state index in [0.717, 1.165) is 13.4 Å². The zero-order valence-corrected chi connectivity index (χ0v) is 22.2. The second-order valence-corrected chi connectivity index (χ2v) is 11.4. The first-order valence-electron chi connectivity index (χ1n) is 11.1. The largest absolute Gasteiger partial charge is 0.483 e. The maximum absolute atomic E-state index is 12.3. The molecule has 1 saturated heterocycles. The molecule has 0 aliphatic carbocycles. The smallest absolute Gasteiger partial charge is 0.394 e. The van der Waals surface area contributed by atoms with Crippen LogP contribution in [0.4, 0.5) is 5.82 Å². The number of rotatable bonds is 13. The van der Waals surface area contributed by atoms with Gasteiger partial charge >= 0.3 is 15.6 Å². The average molecular weight is 621 g/mol. The van der Waals surface area contributed by atoms with Gasteiger partial charge in [0.15, 0.2) is 24.0 Å². The lowest BCUT2D eigenvalue weighted by Crippen LogP contribution is -2.61. The Morgan fingerprint density at radius 2 is 1.75 bits per heavy atom. The van der Waals surface area contributed by atoms with Crippen LogP contribution in [0.25, 0.3) is 11.2 Å². The molecule has 0 saturated carbocycles. The SMILES string of the molecule is COC([C@H](O)C(O)COP(=O)(O)OP(=O)(O)OC1OC([C@@H](O)CO)C(O)C(O)C1O)n1cnc2c(N)ncnc21. The number of aliphatic hydroxyl groups is 7. The van der Waals surface area contributed by atoms with Gasteiger partial charge in [-0.05, 0) is 0 Å². The van der Waals surface area contributed by atoms with Gasteiger partial charge in [-0.2, -0.15) is 4.31 Å². The van der Waals surface area contributed by atoms with Crippen LogP contribution in [0.3, 0.4) is 0 Å². The Kier molecular flexibility index (Phi) is 10.7. The number of phosphoric ester groups is 2. The van der Waals surface area contributed by atoms with Crippen molar-refractivity contribution >= 4 is 32.6 Å². The summed E-state index contributed by atoms with van der Waals surface area (Å²) >= 11 is 0. The Bertz CT molecular complexity index is 1240. The van der Waals surface area contributed by atoms with Crippen molar-refractivity contribution in [1.29, 1.82) is 0 Å². The second-order valence-electron chi connectivity index (χ2n) is 8.38. The first kappa shape index (κ1) is 32.8. The zero-order chi connectivity index (χ0) is 30.0. The second kappa shape index (κ2) is 13.0. The Balaban J connectivity index is 1.63. The van der Waals surface area contributed by atoms with E-state index in [1.165, 1.54) is 10.9 Å². The standard InChI is InChI=1S/C17H29N5O16P2/c1-34-16(22-5-21-8-14(18)19-4-20-15(8)22)9(26)7(25)3-35-39(30,31)38-40(32,33)37-17-12(29)10(27)11(28)13(36-17)6(24)2-23/h4-7,9-13,16-17,23-29H,2-3H2,1H3,(H,30,31)(H,32,33)(H2,18,19,20)/t6-,7?,9+,10?,11?,12?,13?,16?,17?/m0/s1. The van der Waals surface area contributed by atoms with E-state index in [1.807, 2.05) is 0 Å². The highest BCUT2D eigenvalue weighted by Gasteiger charge is 2.50. The minimum Gasteiger partial charge on any atom is -0.394 e. The van der Waals surface area contributed by atoms with Crippen LogP contribution in [0.1, 0.15) is 6.23 Å². The number of hydrogen-bond acceptors (Lipinski definition) is 18. The molecule has 2 aromatic heterocycles. The van der Waals surface area contributed by atoms with E-state index >= 15 is 0 Å². The van der Waals surface area contributed by atoms with Crippen LogP contribution in [0.15, 0.2) is 12.7 Å². The van der Waals surface area contributed by atoms with Crippen molar-refractivity contribution in [2.24, 2.45) is 0 Å². The highest BCUT2D eigenvalue weighted by Crippen LogP contribution is 2.61. The number of imidazole rings is 1. The summed E-state index contributed by atoms with van der Waals surface area (Å²) in [5.41, 5.74) is 5.97. The van der Waals surface area contributed by atoms with E-state index in [9.17, 15) is 49.6 Å². The monoisotopic (exact) mass is 621 g/mol. The molecule has 9 unspecified atom stereocenters. The summed E-state index contributed by atoms with van der Waals surface area (Å²) in [6.07, 6.45) is -15.2. The molecule has 0 amide bonds.